The first-order chi connectivity index (χ1) is 13.3. The third-order valence-corrected chi connectivity index (χ3v) is 4.19. The van der Waals surface area contributed by atoms with Crippen LogP contribution in [0.2, 0.25) is 0 Å². The third-order valence-electron chi connectivity index (χ3n) is 4.19. The van der Waals surface area contributed by atoms with Gasteiger partial charge >= 0.3 is 0 Å². The molecule has 0 bridgehead atoms. The molecule has 1 N–H and O–H groups in total. The Morgan fingerprint density at radius 1 is 0.852 bits per heavy atom. The fraction of sp³-hybridized carbons (Fsp3) is 0.478. The Hall–Kier alpha value is -2.04. The van der Waals surface area contributed by atoms with Crippen molar-refractivity contribution in [3.05, 3.63) is 59.7 Å². The van der Waals surface area contributed by atoms with Gasteiger partial charge in [-0.2, -0.15) is 0 Å². The number of ether oxygens (including phenoxy) is 3. The number of nitrogens with one attached hydrogen (secondary N) is 1. The molecule has 0 spiro atoms. The van der Waals surface area contributed by atoms with Crippen LogP contribution in [-0.4, -0.2) is 26.4 Å². The zero-order valence-corrected chi connectivity index (χ0v) is 16.7. The van der Waals surface area contributed by atoms with Crippen LogP contribution in [0.25, 0.3) is 0 Å². The lowest BCUT2D eigenvalue weighted by Gasteiger charge is -2.16. The standard InChI is InChI=1S/C23H33NO3/c1-3-5-16-25-17-10-15-24-18-21-13-9-14-22(26-4-2)23(21)27-19-20-11-7-6-8-12-20/h6-9,11-14,24H,3-5,10,15-19H2,1-2H3. The molecule has 0 saturated carbocycles. The molecule has 0 aliphatic carbocycles. The Morgan fingerprint density at radius 2 is 1.67 bits per heavy atom. The number of hydrogen-bond donors (Lipinski definition) is 1. The predicted molar refractivity (Wildman–Crippen MR) is 110 cm³/mol. The van der Waals surface area contributed by atoms with E-state index in [2.05, 4.69) is 30.4 Å². The summed E-state index contributed by atoms with van der Waals surface area (Å²) in [6, 6.07) is 16.3. The molecule has 0 aromatic heterocycles. The van der Waals surface area contributed by atoms with Crippen molar-refractivity contribution in [1.82, 2.24) is 5.32 Å². The maximum atomic E-state index is 6.14. The molecule has 0 unspecified atom stereocenters. The molecule has 0 heterocycles. The van der Waals surface area contributed by atoms with E-state index in [-0.39, 0.29) is 0 Å². The average Bonchev–Trinajstić information content (AvgIpc) is 2.70. The molecule has 27 heavy (non-hydrogen) atoms. The molecule has 0 amide bonds. The van der Waals surface area contributed by atoms with Crippen molar-refractivity contribution in [2.24, 2.45) is 0 Å². The lowest BCUT2D eigenvalue weighted by molar-refractivity contribution is 0.128. The molecule has 0 radical (unpaired) electrons. The molecular formula is C23H33NO3. The molecule has 148 valence electrons. The second kappa shape index (κ2) is 13.2. The van der Waals surface area contributed by atoms with E-state index in [1.165, 1.54) is 6.42 Å². The second-order valence-electron chi connectivity index (χ2n) is 6.45. The van der Waals surface area contributed by atoms with Gasteiger partial charge in [-0.15, -0.1) is 0 Å². The van der Waals surface area contributed by atoms with Crippen LogP contribution >= 0.6 is 0 Å². The number of rotatable bonds is 14. The molecule has 0 fully saturated rings. The van der Waals surface area contributed by atoms with Gasteiger partial charge in [0, 0.05) is 25.3 Å². The van der Waals surface area contributed by atoms with E-state index in [9.17, 15) is 0 Å². The van der Waals surface area contributed by atoms with Gasteiger partial charge in [-0.3, -0.25) is 0 Å². The van der Waals surface area contributed by atoms with Gasteiger partial charge in [0.25, 0.3) is 0 Å². The number of para-hydroxylation sites is 1. The monoisotopic (exact) mass is 371 g/mol. The Kier molecular flexibility index (Phi) is 10.4. The topological polar surface area (TPSA) is 39.7 Å². The van der Waals surface area contributed by atoms with Crippen LogP contribution in [0.1, 0.15) is 44.2 Å². The minimum atomic E-state index is 0.531. The van der Waals surface area contributed by atoms with Gasteiger partial charge in [0.15, 0.2) is 11.5 Å². The molecule has 2 rings (SSSR count). The lowest BCUT2D eigenvalue weighted by atomic mass is 10.1. The van der Waals surface area contributed by atoms with Crippen molar-refractivity contribution < 1.29 is 14.2 Å². The van der Waals surface area contributed by atoms with Crippen molar-refractivity contribution in [3.8, 4) is 11.5 Å². The van der Waals surface area contributed by atoms with Crippen LogP contribution in [0.15, 0.2) is 48.5 Å². The van der Waals surface area contributed by atoms with E-state index in [0.717, 1.165) is 61.8 Å². The zero-order valence-electron chi connectivity index (χ0n) is 16.7. The van der Waals surface area contributed by atoms with Crippen LogP contribution in [0.4, 0.5) is 0 Å². The summed E-state index contributed by atoms with van der Waals surface area (Å²) >= 11 is 0. The Morgan fingerprint density at radius 3 is 2.44 bits per heavy atom. The fourth-order valence-corrected chi connectivity index (χ4v) is 2.73. The van der Waals surface area contributed by atoms with Crippen molar-refractivity contribution in [3.63, 3.8) is 0 Å². The summed E-state index contributed by atoms with van der Waals surface area (Å²) in [6.45, 7) is 8.66. The third kappa shape index (κ3) is 8.02. The number of benzene rings is 2. The van der Waals surface area contributed by atoms with Gasteiger partial charge in [0.1, 0.15) is 6.61 Å². The SMILES string of the molecule is CCCCOCCCNCc1cccc(OCC)c1OCc1ccccc1. The van der Waals surface area contributed by atoms with E-state index in [4.69, 9.17) is 14.2 Å². The quantitative estimate of drug-likeness (QED) is 0.477. The highest BCUT2D eigenvalue weighted by atomic mass is 16.5. The van der Waals surface area contributed by atoms with Gasteiger partial charge in [0.2, 0.25) is 0 Å². The van der Waals surface area contributed by atoms with Crippen LogP contribution in [-0.2, 0) is 17.9 Å². The normalized spacial score (nSPS) is 10.7. The van der Waals surface area contributed by atoms with Gasteiger partial charge in [-0.1, -0.05) is 55.8 Å². The average molecular weight is 372 g/mol. The first-order valence-electron chi connectivity index (χ1n) is 10.0. The van der Waals surface area contributed by atoms with E-state index < -0.39 is 0 Å². The maximum absolute atomic E-state index is 6.14. The largest absolute Gasteiger partial charge is 0.490 e. The van der Waals surface area contributed by atoms with E-state index in [1.54, 1.807) is 0 Å². The number of unbranched alkanes of at least 4 members (excludes halogenated alkanes) is 1. The van der Waals surface area contributed by atoms with Crippen molar-refractivity contribution in [1.29, 1.82) is 0 Å². The van der Waals surface area contributed by atoms with Crippen molar-refractivity contribution >= 4 is 0 Å². The van der Waals surface area contributed by atoms with E-state index >= 15 is 0 Å². The summed E-state index contributed by atoms with van der Waals surface area (Å²) in [5.74, 6) is 1.63. The van der Waals surface area contributed by atoms with Gasteiger partial charge < -0.3 is 19.5 Å². The van der Waals surface area contributed by atoms with Crippen LogP contribution in [0.3, 0.4) is 0 Å². The fourth-order valence-electron chi connectivity index (χ4n) is 2.73. The highest BCUT2D eigenvalue weighted by molar-refractivity contribution is 5.46. The second-order valence-corrected chi connectivity index (χ2v) is 6.45. The smallest absolute Gasteiger partial charge is 0.166 e. The Labute approximate surface area is 163 Å². The van der Waals surface area contributed by atoms with Gasteiger partial charge in [-0.25, -0.2) is 0 Å². The molecule has 0 atom stereocenters. The summed E-state index contributed by atoms with van der Waals surface area (Å²) in [7, 11) is 0. The van der Waals surface area contributed by atoms with E-state index in [1.807, 2.05) is 37.3 Å². The zero-order chi connectivity index (χ0) is 19.2. The molecular weight excluding hydrogens is 338 g/mol. The maximum Gasteiger partial charge on any atom is 0.166 e. The lowest BCUT2D eigenvalue weighted by Crippen LogP contribution is -2.17. The Bertz CT molecular complexity index is 631. The summed E-state index contributed by atoms with van der Waals surface area (Å²) in [5, 5.41) is 3.48. The highest BCUT2D eigenvalue weighted by Gasteiger charge is 2.11. The molecule has 4 heteroatoms. The minimum absolute atomic E-state index is 0.531. The van der Waals surface area contributed by atoms with Crippen LogP contribution < -0.4 is 14.8 Å². The van der Waals surface area contributed by atoms with Gasteiger partial charge in [0.05, 0.1) is 6.61 Å². The Balaban J connectivity index is 1.87. The molecule has 0 saturated heterocycles. The van der Waals surface area contributed by atoms with Crippen molar-refractivity contribution in [2.75, 3.05) is 26.4 Å². The summed E-state index contributed by atoms with van der Waals surface area (Å²) in [6.07, 6.45) is 3.33. The highest BCUT2D eigenvalue weighted by Crippen LogP contribution is 2.32. The molecule has 4 nitrogen and oxygen atoms in total. The van der Waals surface area contributed by atoms with Crippen LogP contribution in [0, 0.1) is 0 Å². The first kappa shape index (κ1) is 21.3. The summed E-state index contributed by atoms with van der Waals surface area (Å²) in [4.78, 5) is 0. The first-order valence-corrected chi connectivity index (χ1v) is 10.0. The minimum Gasteiger partial charge on any atom is -0.490 e. The molecule has 2 aromatic carbocycles. The predicted octanol–water partition coefficient (Wildman–Crippen LogP) is 4.96. The van der Waals surface area contributed by atoms with Gasteiger partial charge in [-0.05, 0) is 37.9 Å². The molecule has 0 aliphatic rings. The van der Waals surface area contributed by atoms with Crippen LogP contribution in [0.5, 0.6) is 11.5 Å². The summed E-state index contributed by atoms with van der Waals surface area (Å²) in [5.41, 5.74) is 2.26. The van der Waals surface area contributed by atoms with E-state index in [0.29, 0.717) is 13.2 Å². The molecule has 2 aromatic rings. The van der Waals surface area contributed by atoms with Crippen molar-refractivity contribution in [2.45, 2.75) is 46.3 Å². The molecule has 0 aliphatic heterocycles. The summed E-state index contributed by atoms with van der Waals surface area (Å²) < 4.78 is 17.5. The number of hydrogen-bond acceptors (Lipinski definition) is 4.